The van der Waals surface area contributed by atoms with E-state index < -0.39 is 0 Å². The smallest absolute Gasteiger partial charge is 0.174 e. The zero-order valence-corrected chi connectivity index (χ0v) is 15.1. The summed E-state index contributed by atoms with van der Waals surface area (Å²) in [7, 11) is 0. The average molecular weight is 342 g/mol. The van der Waals surface area contributed by atoms with Crippen molar-refractivity contribution in [3.63, 3.8) is 0 Å². The van der Waals surface area contributed by atoms with E-state index in [-0.39, 0.29) is 5.54 Å². The van der Waals surface area contributed by atoms with E-state index in [0.717, 1.165) is 28.2 Å². The predicted octanol–water partition coefficient (Wildman–Crippen LogP) is 4.79. The predicted molar refractivity (Wildman–Crippen MR) is 91.5 cm³/mol. The van der Waals surface area contributed by atoms with Gasteiger partial charge in [0, 0.05) is 28.4 Å². The summed E-state index contributed by atoms with van der Waals surface area (Å²) in [5, 5.41) is 4.26. The first-order valence-corrected chi connectivity index (χ1v) is 8.88. The van der Waals surface area contributed by atoms with Gasteiger partial charge in [-0.1, -0.05) is 30.3 Å². The fraction of sp³-hybridized carbons (Fsp3) is 0.467. The first-order chi connectivity index (χ1) is 9.87. The molecule has 0 spiro atoms. The molecule has 0 fully saturated rings. The molecule has 0 unspecified atom stereocenters. The van der Waals surface area contributed by atoms with Crippen molar-refractivity contribution in [1.29, 1.82) is 0 Å². The van der Waals surface area contributed by atoms with Crippen LogP contribution in [0.5, 0.6) is 0 Å². The Morgan fingerprint density at radius 1 is 1.33 bits per heavy atom. The van der Waals surface area contributed by atoms with Crippen LogP contribution in [0, 0.1) is 0 Å². The highest BCUT2D eigenvalue weighted by atomic mass is 35.5. The van der Waals surface area contributed by atoms with Crippen molar-refractivity contribution >= 4 is 34.9 Å². The highest BCUT2D eigenvalue weighted by Crippen LogP contribution is 2.33. The standard InChI is InChI=1S/C15H20ClN3S2/c1-5-13-18-14(21-19-13)20-12-7-6-11(16)8-10(12)9-17-15(2,3)4/h6-8,17H,5,9H2,1-4H3. The molecule has 0 atom stereocenters. The molecule has 0 saturated carbocycles. The lowest BCUT2D eigenvalue weighted by Crippen LogP contribution is -2.35. The van der Waals surface area contributed by atoms with Gasteiger partial charge in [0.1, 0.15) is 5.82 Å². The third-order valence-corrected chi connectivity index (χ3v) is 4.94. The van der Waals surface area contributed by atoms with Crippen molar-refractivity contribution in [1.82, 2.24) is 14.7 Å². The number of hydrogen-bond acceptors (Lipinski definition) is 5. The Hall–Kier alpha value is -0.620. The fourth-order valence-electron chi connectivity index (χ4n) is 1.66. The molecule has 1 aromatic carbocycles. The molecule has 2 rings (SSSR count). The number of aryl methyl sites for hydroxylation is 1. The highest BCUT2D eigenvalue weighted by molar-refractivity contribution is 8.01. The summed E-state index contributed by atoms with van der Waals surface area (Å²) >= 11 is 9.24. The first-order valence-electron chi connectivity index (χ1n) is 6.91. The van der Waals surface area contributed by atoms with Crippen LogP contribution in [0.15, 0.2) is 27.4 Å². The summed E-state index contributed by atoms with van der Waals surface area (Å²) in [5.74, 6) is 0.908. The molecule has 0 aliphatic heterocycles. The Morgan fingerprint density at radius 2 is 2.10 bits per heavy atom. The van der Waals surface area contributed by atoms with Crippen LogP contribution in [0.1, 0.15) is 39.1 Å². The third kappa shape index (κ3) is 5.25. The number of nitrogens with one attached hydrogen (secondary N) is 1. The molecule has 1 N–H and O–H groups in total. The minimum atomic E-state index is 0.0718. The lowest BCUT2D eigenvalue weighted by molar-refractivity contribution is 0.422. The molecule has 21 heavy (non-hydrogen) atoms. The van der Waals surface area contributed by atoms with E-state index in [1.807, 2.05) is 12.1 Å². The number of benzene rings is 1. The van der Waals surface area contributed by atoms with E-state index in [9.17, 15) is 0 Å². The number of halogens is 1. The lowest BCUT2D eigenvalue weighted by Gasteiger charge is -2.21. The topological polar surface area (TPSA) is 37.8 Å². The van der Waals surface area contributed by atoms with E-state index in [0.29, 0.717) is 0 Å². The second-order valence-corrected chi connectivity index (χ2v) is 8.27. The van der Waals surface area contributed by atoms with Gasteiger partial charge in [-0.05, 0) is 56.1 Å². The van der Waals surface area contributed by atoms with Crippen LogP contribution >= 0.6 is 34.9 Å². The molecule has 0 bridgehead atoms. The number of nitrogens with zero attached hydrogens (tertiary/aromatic N) is 2. The van der Waals surface area contributed by atoms with Crippen molar-refractivity contribution in [2.75, 3.05) is 0 Å². The van der Waals surface area contributed by atoms with Crippen molar-refractivity contribution in [3.8, 4) is 0 Å². The summed E-state index contributed by atoms with van der Waals surface area (Å²) < 4.78 is 5.31. The van der Waals surface area contributed by atoms with Crippen LogP contribution in [-0.4, -0.2) is 14.9 Å². The SMILES string of the molecule is CCc1nsc(Sc2ccc(Cl)cc2CNC(C)(C)C)n1. The zero-order valence-electron chi connectivity index (χ0n) is 12.7. The van der Waals surface area contributed by atoms with Gasteiger partial charge in [-0.15, -0.1) is 0 Å². The summed E-state index contributed by atoms with van der Waals surface area (Å²) in [6.07, 6.45) is 0.871. The molecular weight excluding hydrogens is 322 g/mol. The van der Waals surface area contributed by atoms with Crippen LogP contribution in [-0.2, 0) is 13.0 Å². The molecule has 0 radical (unpaired) electrons. The Labute approximate surface area is 139 Å². The summed E-state index contributed by atoms with van der Waals surface area (Å²) in [6, 6.07) is 6.00. The quantitative estimate of drug-likeness (QED) is 0.848. The number of rotatable bonds is 5. The van der Waals surface area contributed by atoms with E-state index in [1.165, 1.54) is 22.0 Å². The molecule has 1 aromatic heterocycles. The first kappa shape index (κ1) is 16.7. The zero-order chi connectivity index (χ0) is 15.5. The molecule has 0 saturated heterocycles. The maximum Gasteiger partial charge on any atom is 0.174 e. The van der Waals surface area contributed by atoms with Gasteiger partial charge in [-0.2, -0.15) is 4.37 Å². The molecule has 0 aliphatic carbocycles. The molecule has 114 valence electrons. The van der Waals surface area contributed by atoms with Crippen LogP contribution in [0.3, 0.4) is 0 Å². The van der Waals surface area contributed by atoms with E-state index in [1.54, 1.807) is 11.8 Å². The van der Waals surface area contributed by atoms with Crippen LogP contribution in [0.4, 0.5) is 0 Å². The van der Waals surface area contributed by atoms with Crippen molar-refractivity contribution in [2.24, 2.45) is 0 Å². The molecule has 2 aromatic rings. The van der Waals surface area contributed by atoms with Crippen LogP contribution in [0.25, 0.3) is 0 Å². The maximum absolute atomic E-state index is 6.13. The second-order valence-electron chi connectivity index (χ2n) is 5.79. The minimum absolute atomic E-state index is 0.0718. The Morgan fingerprint density at radius 3 is 2.71 bits per heavy atom. The van der Waals surface area contributed by atoms with Gasteiger partial charge in [0.05, 0.1) is 0 Å². The van der Waals surface area contributed by atoms with Gasteiger partial charge in [-0.25, -0.2) is 4.98 Å². The van der Waals surface area contributed by atoms with Crippen molar-refractivity contribution in [3.05, 3.63) is 34.6 Å². The number of hydrogen-bond donors (Lipinski definition) is 1. The van der Waals surface area contributed by atoms with Gasteiger partial charge in [0.2, 0.25) is 0 Å². The number of aromatic nitrogens is 2. The average Bonchev–Trinajstić information content (AvgIpc) is 2.86. The third-order valence-electron chi connectivity index (χ3n) is 2.79. The maximum atomic E-state index is 6.13. The van der Waals surface area contributed by atoms with Crippen molar-refractivity contribution < 1.29 is 0 Å². The molecule has 6 heteroatoms. The Bertz CT molecular complexity index is 605. The van der Waals surface area contributed by atoms with E-state index in [4.69, 9.17) is 11.6 Å². The Kier molecular flexibility index (Phi) is 5.66. The monoisotopic (exact) mass is 341 g/mol. The van der Waals surface area contributed by atoms with Gasteiger partial charge >= 0.3 is 0 Å². The molecular formula is C15H20ClN3S2. The van der Waals surface area contributed by atoms with E-state index >= 15 is 0 Å². The second kappa shape index (κ2) is 7.09. The van der Waals surface area contributed by atoms with Crippen LogP contribution in [0.2, 0.25) is 5.02 Å². The lowest BCUT2D eigenvalue weighted by atomic mass is 10.1. The van der Waals surface area contributed by atoms with E-state index in [2.05, 4.69) is 48.4 Å². The molecule has 3 nitrogen and oxygen atoms in total. The summed E-state index contributed by atoms with van der Waals surface area (Å²) in [6.45, 7) is 9.32. The van der Waals surface area contributed by atoms with Gasteiger partial charge < -0.3 is 5.32 Å². The molecule has 1 heterocycles. The summed E-state index contributed by atoms with van der Waals surface area (Å²) in [5.41, 5.74) is 1.26. The molecule has 0 aliphatic rings. The van der Waals surface area contributed by atoms with Crippen molar-refractivity contribution in [2.45, 2.75) is 55.4 Å². The normalized spacial score (nSPS) is 11.9. The van der Waals surface area contributed by atoms with Crippen LogP contribution < -0.4 is 5.32 Å². The van der Waals surface area contributed by atoms with Gasteiger partial charge in [0.25, 0.3) is 0 Å². The largest absolute Gasteiger partial charge is 0.308 e. The Balaban J connectivity index is 2.17. The highest BCUT2D eigenvalue weighted by Gasteiger charge is 2.13. The van der Waals surface area contributed by atoms with Gasteiger partial charge in [0.15, 0.2) is 4.34 Å². The summed E-state index contributed by atoms with van der Waals surface area (Å²) in [4.78, 5) is 5.69. The molecule has 0 amide bonds. The fourth-order valence-corrected chi connectivity index (χ4v) is 3.63. The minimum Gasteiger partial charge on any atom is -0.308 e. The van der Waals surface area contributed by atoms with Gasteiger partial charge in [-0.3, -0.25) is 0 Å².